The molecule has 2 aromatic carbocycles. The van der Waals surface area contributed by atoms with Gasteiger partial charge in [0.1, 0.15) is 12.1 Å². The monoisotopic (exact) mass is 381 g/mol. The average molecular weight is 381 g/mol. The number of carboxylic acid groups (broad SMARTS) is 1. The summed E-state index contributed by atoms with van der Waals surface area (Å²) >= 11 is 0. The van der Waals surface area contributed by atoms with Gasteiger partial charge in [-0.1, -0.05) is 60.7 Å². The van der Waals surface area contributed by atoms with Gasteiger partial charge in [-0.05, 0) is 17.5 Å². The third-order valence-electron chi connectivity index (χ3n) is 4.04. The lowest BCUT2D eigenvalue weighted by atomic mass is 10.1. The Hall–Kier alpha value is -2.87. The quantitative estimate of drug-likeness (QED) is 0.794. The number of benzene rings is 2. The van der Waals surface area contributed by atoms with Crippen LogP contribution < -0.4 is 5.73 Å². The van der Waals surface area contributed by atoms with Crippen molar-refractivity contribution in [3.05, 3.63) is 71.8 Å². The number of aliphatic carboxylic acids is 1. The van der Waals surface area contributed by atoms with Gasteiger partial charge in [0.25, 0.3) is 0 Å². The van der Waals surface area contributed by atoms with E-state index in [0.29, 0.717) is 6.42 Å². The molecule has 0 spiro atoms. The van der Waals surface area contributed by atoms with Crippen LogP contribution in [0.15, 0.2) is 60.7 Å². The molecular weight excluding hydrogens is 363 g/mol. The molecule has 0 heterocycles. The maximum atomic E-state index is 12.1. The number of ether oxygens (including phenoxy) is 1. The van der Waals surface area contributed by atoms with Crippen molar-refractivity contribution >= 4 is 11.9 Å². The van der Waals surface area contributed by atoms with Gasteiger partial charge in [-0.25, -0.2) is 4.79 Å². The Labute approximate surface area is 153 Å². The Balaban J connectivity index is 0.000000321. The third-order valence-corrected chi connectivity index (χ3v) is 4.04. The molecule has 3 rings (SSSR count). The van der Waals surface area contributed by atoms with Gasteiger partial charge in [0.15, 0.2) is 0 Å². The maximum Gasteiger partial charge on any atom is 0.490 e. The van der Waals surface area contributed by atoms with E-state index in [9.17, 15) is 18.0 Å². The first kappa shape index (κ1) is 20.4. The largest absolute Gasteiger partial charge is 0.490 e. The second-order valence-electron chi connectivity index (χ2n) is 6.07. The Kier molecular flexibility index (Phi) is 6.22. The van der Waals surface area contributed by atoms with Crippen LogP contribution in [0.4, 0.5) is 13.2 Å². The van der Waals surface area contributed by atoms with Crippen molar-refractivity contribution in [2.45, 2.75) is 30.7 Å². The summed E-state index contributed by atoms with van der Waals surface area (Å²) in [5, 5.41) is 7.12. The fourth-order valence-corrected chi connectivity index (χ4v) is 2.46. The van der Waals surface area contributed by atoms with Crippen molar-refractivity contribution in [3.63, 3.8) is 0 Å². The summed E-state index contributed by atoms with van der Waals surface area (Å²) in [5.41, 5.74) is 7.38. The molecule has 3 N–H and O–H groups in total. The molecule has 2 atom stereocenters. The molecule has 0 amide bonds. The van der Waals surface area contributed by atoms with Gasteiger partial charge in [-0.2, -0.15) is 13.2 Å². The van der Waals surface area contributed by atoms with Gasteiger partial charge in [-0.3, -0.25) is 4.79 Å². The van der Waals surface area contributed by atoms with Gasteiger partial charge in [0, 0.05) is 5.92 Å². The summed E-state index contributed by atoms with van der Waals surface area (Å²) < 4.78 is 37.1. The zero-order chi connectivity index (χ0) is 20.1. The van der Waals surface area contributed by atoms with Crippen LogP contribution >= 0.6 is 0 Å². The zero-order valence-corrected chi connectivity index (χ0v) is 14.1. The van der Waals surface area contributed by atoms with Crippen LogP contribution in [-0.4, -0.2) is 28.8 Å². The van der Waals surface area contributed by atoms with Gasteiger partial charge in [0.05, 0.1) is 0 Å². The SMILES string of the molecule is N[C@@]1(C(=O)OCc2ccccc2)C[C@@H]1c1ccccc1.O=C(O)C(F)(F)F. The first-order chi connectivity index (χ1) is 12.6. The molecule has 5 nitrogen and oxygen atoms in total. The van der Waals surface area contributed by atoms with Crippen LogP contribution in [0.1, 0.15) is 23.5 Å². The summed E-state index contributed by atoms with van der Waals surface area (Å²) in [6.45, 7) is 0.278. The molecule has 0 unspecified atom stereocenters. The Bertz CT molecular complexity index is 781. The van der Waals surface area contributed by atoms with Crippen molar-refractivity contribution < 1.29 is 32.6 Å². The minimum atomic E-state index is -5.08. The number of carboxylic acids is 1. The van der Waals surface area contributed by atoms with Crippen LogP contribution in [0.25, 0.3) is 0 Å². The Morgan fingerprint density at radius 3 is 2.04 bits per heavy atom. The molecule has 1 aliphatic rings. The van der Waals surface area contributed by atoms with E-state index in [4.69, 9.17) is 20.4 Å². The highest BCUT2D eigenvalue weighted by atomic mass is 19.4. The van der Waals surface area contributed by atoms with E-state index in [-0.39, 0.29) is 18.5 Å². The van der Waals surface area contributed by atoms with Crippen molar-refractivity contribution in [1.82, 2.24) is 0 Å². The highest BCUT2D eigenvalue weighted by Gasteiger charge is 2.59. The smallest absolute Gasteiger partial charge is 0.475 e. The predicted octanol–water partition coefficient (Wildman–Crippen LogP) is 3.25. The van der Waals surface area contributed by atoms with Crippen molar-refractivity contribution in [2.24, 2.45) is 5.73 Å². The van der Waals surface area contributed by atoms with Crippen LogP contribution in [0.5, 0.6) is 0 Å². The molecule has 27 heavy (non-hydrogen) atoms. The molecule has 0 aromatic heterocycles. The minimum Gasteiger partial charge on any atom is -0.475 e. The summed E-state index contributed by atoms with van der Waals surface area (Å²) in [6, 6.07) is 19.5. The minimum absolute atomic E-state index is 0.0759. The first-order valence-corrected chi connectivity index (χ1v) is 7.99. The van der Waals surface area contributed by atoms with E-state index in [1.807, 2.05) is 60.7 Å². The van der Waals surface area contributed by atoms with Crippen LogP contribution in [0.3, 0.4) is 0 Å². The lowest BCUT2D eigenvalue weighted by Gasteiger charge is -2.11. The van der Waals surface area contributed by atoms with Gasteiger partial charge in [-0.15, -0.1) is 0 Å². The number of alkyl halides is 3. The highest BCUT2D eigenvalue weighted by Crippen LogP contribution is 2.50. The van der Waals surface area contributed by atoms with Crippen molar-refractivity contribution in [2.75, 3.05) is 0 Å². The second kappa shape index (κ2) is 8.22. The average Bonchev–Trinajstić information content (AvgIpc) is 3.34. The normalized spacial score (nSPS) is 20.8. The number of carbonyl (C=O) groups excluding carboxylic acids is 1. The van der Waals surface area contributed by atoms with E-state index in [0.717, 1.165) is 11.1 Å². The standard InChI is InChI=1S/C17H17NO2.C2HF3O2/c18-17(11-15(17)14-9-5-2-6-10-14)16(19)20-12-13-7-3-1-4-8-13;3-2(4,5)1(6)7/h1-10,15H,11-12,18H2;(H,6,7)/t15-,17+;/m1./s1. The van der Waals surface area contributed by atoms with Gasteiger partial charge < -0.3 is 15.6 Å². The molecule has 1 saturated carbocycles. The number of hydrogen-bond acceptors (Lipinski definition) is 4. The number of esters is 1. The number of hydrogen-bond donors (Lipinski definition) is 2. The summed E-state index contributed by atoms with van der Waals surface area (Å²) in [4.78, 5) is 21.0. The number of carbonyl (C=O) groups is 2. The van der Waals surface area contributed by atoms with Crippen molar-refractivity contribution in [3.8, 4) is 0 Å². The number of rotatable bonds is 4. The van der Waals surface area contributed by atoms with E-state index < -0.39 is 17.7 Å². The third kappa shape index (κ3) is 5.55. The van der Waals surface area contributed by atoms with E-state index >= 15 is 0 Å². The molecule has 0 saturated heterocycles. The van der Waals surface area contributed by atoms with E-state index in [2.05, 4.69) is 0 Å². The van der Waals surface area contributed by atoms with Crippen LogP contribution in [0, 0.1) is 0 Å². The molecular formula is C19H18F3NO4. The highest BCUT2D eigenvalue weighted by molar-refractivity contribution is 5.86. The molecule has 1 aliphatic carbocycles. The van der Waals surface area contributed by atoms with Crippen LogP contribution in [-0.2, 0) is 20.9 Å². The second-order valence-corrected chi connectivity index (χ2v) is 6.07. The molecule has 2 aromatic rings. The van der Waals surface area contributed by atoms with Gasteiger partial charge >= 0.3 is 18.1 Å². The lowest BCUT2D eigenvalue weighted by Crippen LogP contribution is -2.36. The number of nitrogens with two attached hydrogens (primary N) is 1. The molecule has 144 valence electrons. The Morgan fingerprint density at radius 1 is 1.07 bits per heavy atom. The van der Waals surface area contributed by atoms with E-state index in [1.165, 1.54) is 0 Å². The molecule has 8 heteroatoms. The van der Waals surface area contributed by atoms with E-state index in [1.54, 1.807) is 0 Å². The topological polar surface area (TPSA) is 89.6 Å². The zero-order valence-electron chi connectivity index (χ0n) is 14.1. The molecule has 0 aliphatic heterocycles. The maximum absolute atomic E-state index is 12.1. The molecule has 1 fully saturated rings. The first-order valence-electron chi connectivity index (χ1n) is 7.99. The van der Waals surface area contributed by atoms with Gasteiger partial charge in [0.2, 0.25) is 0 Å². The van der Waals surface area contributed by atoms with Crippen LogP contribution in [0.2, 0.25) is 0 Å². The molecule has 0 bridgehead atoms. The predicted molar refractivity (Wildman–Crippen MR) is 90.6 cm³/mol. The summed E-state index contributed by atoms with van der Waals surface area (Å²) in [5.74, 6) is -2.99. The van der Waals surface area contributed by atoms with Crippen molar-refractivity contribution in [1.29, 1.82) is 0 Å². The number of halogens is 3. The summed E-state index contributed by atoms with van der Waals surface area (Å²) in [6.07, 6.45) is -4.43. The summed E-state index contributed by atoms with van der Waals surface area (Å²) in [7, 11) is 0. The fourth-order valence-electron chi connectivity index (χ4n) is 2.46. The fraction of sp³-hybridized carbons (Fsp3) is 0.263. The Morgan fingerprint density at radius 2 is 1.56 bits per heavy atom. The lowest BCUT2D eigenvalue weighted by molar-refractivity contribution is -0.192. The molecule has 0 radical (unpaired) electrons.